The lowest BCUT2D eigenvalue weighted by Gasteiger charge is -2.25. The Labute approximate surface area is 146 Å². The van der Waals surface area contributed by atoms with Crippen LogP contribution in [0.1, 0.15) is 46.5 Å². The van der Waals surface area contributed by atoms with E-state index < -0.39 is 0 Å². The number of amides is 1. The van der Waals surface area contributed by atoms with E-state index in [0.29, 0.717) is 5.82 Å². The summed E-state index contributed by atoms with van der Waals surface area (Å²) in [4.78, 5) is 17.0. The number of aromatic nitrogens is 3. The number of nitrogens with zero attached hydrogens (tertiary/aromatic N) is 3. The zero-order valence-corrected chi connectivity index (χ0v) is 14.1. The van der Waals surface area contributed by atoms with Crippen LogP contribution in [0, 0.1) is 6.92 Å². The average molecular weight is 332 g/mol. The Balaban J connectivity index is 1.57. The van der Waals surface area contributed by atoms with Crippen molar-refractivity contribution in [2.75, 3.05) is 0 Å². The number of nitrogens with one attached hydrogen (secondary N) is 1. The second-order valence-electron chi connectivity index (χ2n) is 6.35. The van der Waals surface area contributed by atoms with Crippen molar-refractivity contribution in [3.05, 3.63) is 77.4 Å². The fourth-order valence-corrected chi connectivity index (χ4v) is 3.43. The highest BCUT2D eigenvalue weighted by atomic mass is 16.2. The van der Waals surface area contributed by atoms with Crippen LogP contribution in [-0.4, -0.2) is 20.7 Å². The Morgan fingerprint density at radius 3 is 2.72 bits per heavy atom. The van der Waals surface area contributed by atoms with E-state index in [1.807, 2.05) is 43.3 Å². The summed E-state index contributed by atoms with van der Waals surface area (Å²) < 4.78 is 1.70. The Morgan fingerprint density at radius 1 is 1.12 bits per heavy atom. The summed E-state index contributed by atoms with van der Waals surface area (Å²) in [6.07, 6.45) is 3.09. The van der Waals surface area contributed by atoms with Gasteiger partial charge in [0.1, 0.15) is 5.82 Å². The van der Waals surface area contributed by atoms with Crippen molar-refractivity contribution in [3.63, 3.8) is 0 Å². The summed E-state index contributed by atoms with van der Waals surface area (Å²) >= 11 is 0. The lowest BCUT2D eigenvalue weighted by molar-refractivity contribution is 0.0922. The average Bonchev–Trinajstić information content (AvgIpc) is 3.05. The fourth-order valence-electron chi connectivity index (χ4n) is 3.43. The molecule has 1 aliphatic carbocycles. The molecule has 0 unspecified atom stereocenters. The van der Waals surface area contributed by atoms with Gasteiger partial charge in [0, 0.05) is 0 Å². The first kappa shape index (κ1) is 15.6. The number of hydrogen-bond donors (Lipinski definition) is 1. The maximum absolute atomic E-state index is 12.7. The third kappa shape index (κ3) is 3.05. The number of carbonyl (C=O) groups excluding carboxylic acids is 1. The maximum Gasteiger partial charge on any atom is 0.291 e. The van der Waals surface area contributed by atoms with Crippen LogP contribution in [0.5, 0.6) is 0 Å². The second-order valence-corrected chi connectivity index (χ2v) is 6.35. The highest BCUT2D eigenvalue weighted by Crippen LogP contribution is 2.29. The molecular formula is C20H20N4O. The number of benzene rings is 2. The molecule has 0 fully saturated rings. The third-order valence-electron chi connectivity index (χ3n) is 4.65. The Morgan fingerprint density at radius 2 is 1.88 bits per heavy atom. The minimum Gasteiger partial charge on any atom is -0.342 e. The first-order chi connectivity index (χ1) is 12.2. The molecule has 0 saturated heterocycles. The van der Waals surface area contributed by atoms with Crippen LogP contribution in [-0.2, 0) is 6.42 Å². The summed E-state index contributed by atoms with van der Waals surface area (Å²) in [7, 11) is 0. The van der Waals surface area contributed by atoms with E-state index in [0.717, 1.165) is 24.9 Å². The smallest absolute Gasteiger partial charge is 0.291 e. The van der Waals surface area contributed by atoms with Gasteiger partial charge in [-0.2, -0.15) is 0 Å². The van der Waals surface area contributed by atoms with Gasteiger partial charge >= 0.3 is 0 Å². The molecule has 25 heavy (non-hydrogen) atoms. The van der Waals surface area contributed by atoms with Gasteiger partial charge in [-0.3, -0.25) is 4.79 Å². The Hall–Kier alpha value is -2.95. The van der Waals surface area contributed by atoms with Gasteiger partial charge in [-0.05, 0) is 49.4 Å². The largest absolute Gasteiger partial charge is 0.342 e. The SMILES string of the molecule is Cc1nc(C(=O)N[C@H]2CCCc3ccccc32)nn1-c1ccccc1. The van der Waals surface area contributed by atoms with E-state index in [1.165, 1.54) is 11.1 Å². The standard InChI is InChI=1S/C20H20N4O/c1-14-21-19(23-24(14)16-10-3-2-4-11-16)20(25)22-18-13-7-9-15-8-5-6-12-17(15)18/h2-6,8,10-12,18H,7,9,13H2,1H3,(H,22,25)/t18-/m0/s1. The monoisotopic (exact) mass is 332 g/mol. The van der Waals surface area contributed by atoms with Gasteiger partial charge < -0.3 is 5.32 Å². The van der Waals surface area contributed by atoms with E-state index in [-0.39, 0.29) is 17.8 Å². The summed E-state index contributed by atoms with van der Waals surface area (Å²) in [5.74, 6) is 0.685. The van der Waals surface area contributed by atoms with Crippen LogP contribution in [0.3, 0.4) is 0 Å². The van der Waals surface area contributed by atoms with Crippen molar-refractivity contribution >= 4 is 5.91 Å². The molecule has 4 rings (SSSR count). The van der Waals surface area contributed by atoms with Gasteiger partial charge in [0.15, 0.2) is 0 Å². The molecule has 2 aromatic carbocycles. The van der Waals surface area contributed by atoms with Gasteiger partial charge in [-0.1, -0.05) is 42.5 Å². The molecule has 0 saturated carbocycles. The van der Waals surface area contributed by atoms with E-state index in [1.54, 1.807) is 4.68 Å². The molecule has 0 aliphatic heterocycles. The molecular weight excluding hydrogens is 312 g/mol. The van der Waals surface area contributed by atoms with Gasteiger partial charge in [-0.25, -0.2) is 9.67 Å². The number of rotatable bonds is 3. The molecule has 5 nitrogen and oxygen atoms in total. The van der Waals surface area contributed by atoms with Gasteiger partial charge in [0.05, 0.1) is 11.7 Å². The topological polar surface area (TPSA) is 59.8 Å². The molecule has 1 heterocycles. The molecule has 1 aliphatic rings. The Kier molecular flexibility index (Phi) is 4.06. The Bertz CT molecular complexity index is 901. The number of carbonyl (C=O) groups is 1. The lowest BCUT2D eigenvalue weighted by Crippen LogP contribution is -2.31. The quantitative estimate of drug-likeness (QED) is 0.800. The molecule has 3 aromatic rings. The second kappa shape index (κ2) is 6.51. The third-order valence-corrected chi connectivity index (χ3v) is 4.65. The highest BCUT2D eigenvalue weighted by Gasteiger charge is 2.24. The van der Waals surface area contributed by atoms with Gasteiger partial charge in [-0.15, -0.1) is 5.10 Å². The predicted molar refractivity (Wildman–Crippen MR) is 95.7 cm³/mol. The molecule has 0 spiro atoms. The van der Waals surface area contributed by atoms with Crippen molar-refractivity contribution in [2.24, 2.45) is 0 Å². The normalized spacial score (nSPS) is 16.3. The first-order valence-corrected chi connectivity index (χ1v) is 8.60. The number of fused-ring (bicyclic) bond motifs is 1. The van der Waals surface area contributed by atoms with Crippen molar-refractivity contribution in [2.45, 2.75) is 32.2 Å². The summed E-state index contributed by atoms with van der Waals surface area (Å²) in [5.41, 5.74) is 3.42. The summed E-state index contributed by atoms with van der Waals surface area (Å²) in [6.45, 7) is 1.85. The summed E-state index contributed by atoms with van der Waals surface area (Å²) in [5, 5.41) is 7.50. The van der Waals surface area contributed by atoms with E-state index in [2.05, 4.69) is 33.6 Å². The van der Waals surface area contributed by atoms with Crippen molar-refractivity contribution in [3.8, 4) is 5.69 Å². The van der Waals surface area contributed by atoms with Crippen LogP contribution in [0.25, 0.3) is 5.69 Å². The molecule has 1 amide bonds. The van der Waals surface area contributed by atoms with E-state index in [4.69, 9.17) is 0 Å². The van der Waals surface area contributed by atoms with Crippen molar-refractivity contribution in [1.29, 1.82) is 0 Å². The van der Waals surface area contributed by atoms with Crippen molar-refractivity contribution in [1.82, 2.24) is 20.1 Å². The number of aryl methyl sites for hydroxylation is 2. The van der Waals surface area contributed by atoms with Crippen LogP contribution in [0.15, 0.2) is 54.6 Å². The molecule has 1 N–H and O–H groups in total. The van der Waals surface area contributed by atoms with Crippen LogP contribution >= 0.6 is 0 Å². The van der Waals surface area contributed by atoms with Crippen LogP contribution < -0.4 is 5.32 Å². The van der Waals surface area contributed by atoms with E-state index in [9.17, 15) is 4.79 Å². The summed E-state index contributed by atoms with van der Waals surface area (Å²) in [6, 6.07) is 18.1. The van der Waals surface area contributed by atoms with Crippen LogP contribution in [0.2, 0.25) is 0 Å². The minimum absolute atomic E-state index is 0.0291. The lowest BCUT2D eigenvalue weighted by atomic mass is 9.88. The minimum atomic E-state index is -0.223. The molecule has 0 radical (unpaired) electrons. The maximum atomic E-state index is 12.7. The molecule has 1 aromatic heterocycles. The zero-order valence-electron chi connectivity index (χ0n) is 14.1. The van der Waals surface area contributed by atoms with Gasteiger partial charge in [0.2, 0.25) is 5.82 Å². The van der Waals surface area contributed by atoms with Crippen molar-refractivity contribution < 1.29 is 4.79 Å². The number of hydrogen-bond acceptors (Lipinski definition) is 3. The number of para-hydroxylation sites is 1. The molecule has 1 atom stereocenters. The van der Waals surface area contributed by atoms with E-state index >= 15 is 0 Å². The van der Waals surface area contributed by atoms with Gasteiger partial charge in [0.25, 0.3) is 5.91 Å². The fraction of sp³-hybridized carbons (Fsp3) is 0.250. The van der Waals surface area contributed by atoms with Crippen LogP contribution in [0.4, 0.5) is 0 Å². The molecule has 5 heteroatoms. The molecule has 0 bridgehead atoms. The predicted octanol–water partition coefficient (Wildman–Crippen LogP) is 3.38. The zero-order chi connectivity index (χ0) is 17.2. The molecule has 126 valence electrons. The highest BCUT2D eigenvalue weighted by molar-refractivity contribution is 5.90. The first-order valence-electron chi connectivity index (χ1n) is 8.60.